The Morgan fingerprint density at radius 1 is 1.14 bits per heavy atom. The number of ketones is 1. The SMILES string of the molecule is CCCC(C)SC1CC(=O)N(c2ccc(C(C)(C)C(C)(C)C(=O)CC)cc2)C1=O. The predicted octanol–water partition coefficient (Wildman–Crippen LogP) is 5.52. The standard InChI is InChI=1S/C24H35NO3S/c1-8-10-16(3)29-19-15-21(27)25(22(19)28)18-13-11-17(12-14-18)23(4,5)24(6,7)20(26)9-2/h11-14,16,19H,8-10,15H2,1-7H3. The minimum Gasteiger partial charge on any atom is -0.299 e. The number of Topliss-reactive ketones (excluding diaryl/α,β-unsaturated/α-hetero) is 1. The van der Waals surface area contributed by atoms with Crippen LogP contribution in [0.1, 0.15) is 79.7 Å². The largest absolute Gasteiger partial charge is 0.299 e. The van der Waals surface area contributed by atoms with Crippen LogP contribution in [0.25, 0.3) is 0 Å². The summed E-state index contributed by atoms with van der Waals surface area (Å²) in [5, 5.41) is 0.0736. The van der Waals surface area contributed by atoms with Crippen LogP contribution in [-0.2, 0) is 19.8 Å². The van der Waals surface area contributed by atoms with Crippen molar-refractivity contribution >= 4 is 35.0 Å². The summed E-state index contributed by atoms with van der Waals surface area (Å²) in [5.41, 5.74) is 0.755. The number of rotatable bonds is 9. The maximum atomic E-state index is 12.9. The molecule has 1 aromatic rings. The summed E-state index contributed by atoms with van der Waals surface area (Å²) >= 11 is 1.61. The molecular weight excluding hydrogens is 382 g/mol. The van der Waals surface area contributed by atoms with Gasteiger partial charge in [0.15, 0.2) is 0 Å². The van der Waals surface area contributed by atoms with Gasteiger partial charge < -0.3 is 0 Å². The highest BCUT2D eigenvalue weighted by atomic mass is 32.2. The number of carbonyl (C=O) groups excluding carboxylic acids is 3. The van der Waals surface area contributed by atoms with Crippen molar-refractivity contribution in [3.8, 4) is 0 Å². The zero-order chi connectivity index (χ0) is 22.0. The van der Waals surface area contributed by atoms with Gasteiger partial charge in [-0.2, -0.15) is 0 Å². The molecule has 0 radical (unpaired) electrons. The molecule has 1 heterocycles. The summed E-state index contributed by atoms with van der Waals surface area (Å²) in [6.45, 7) is 14.3. The van der Waals surface area contributed by atoms with Crippen molar-refractivity contribution in [3.63, 3.8) is 0 Å². The number of hydrogen-bond acceptors (Lipinski definition) is 4. The Bertz CT molecular complexity index is 767. The predicted molar refractivity (Wildman–Crippen MR) is 121 cm³/mol. The molecule has 2 atom stereocenters. The Hall–Kier alpha value is -1.62. The molecule has 5 heteroatoms. The Kier molecular flexibility index (Phi) is 7.37. The molecule has 1 saturated heterocycles. The Balaban J connectivity index is 2.23. The highest BCUT2D eigenvalue weighted by Gasteiger charge is 2.44. The van der Waals surface area contributed by atoms with Crippen molar-refractivity contribution in [1.82, 2.24) is 0 Å². The minimum atomic E-state index is -0.514. The van der Waals surface area contributed by atoms with Gasteiger partial charge in [0.05, 0.1) is 10.9 Å². The lowest BCUT2D eigenvalue weighted by Crippen LogP contribution is -2.42. The maximum Gasteiger partial charge on any atom is 0.247 e. The zero-order valence-corrected chi connectivity index (χ0v) is 19.7. The van der Waals surface area contributed by atoms with Crippen LogP contribution in [0.3, 0.4) is 0 Å². The lowest BCUT2D eigenvalue weighted by molar-refractivity contribution is -0.130. The van der Waals surface area contributed by atoms with E-state index in [1.807, 2.05) is 45.0 Å². The third-order valence-electron chi connectivity index (χ3n) is 6.62. The first-order chi connectivity index (χ1) is 13.5. The summed E-state index contributed by atoms with van der Waals surface area (Å²) in [6, 6.07) is 7.56. The smallest absolute Gasteiger partial charge is 0.247 e. The number of nitrogens with zero attached hydrogens (tertiary/aromatic N) is 1. The van der Waals surface area contributed by atoms with Gasteiger partial charge >= 0.3 is 0 Å². The molecule has 4 nitrogen and oxygen atoms in total. The van der Waals surface area contributed by atoms with Gasteiger partial charge in [-0.25, -0.2) is 4.90 Å². The fourth-order valence-corrected chi connectivity index (χ4v) is 5.31. The quantitative estimate of drug-likeness (QED) is 0.496. The van der Waals surface area contributed by atoms with Gasteiger partial charge in [-0.15, -0.1) is 11.8 Å². The van der Waals surface area contributed by atoms with Crippen molar-refractivity contribution in [2.75, 3.05) is 4.90 Å². The monoisotopic (exact) mass is 417 g/mol. The second kappa shape index (κ2) is 9.03. The number of carbonyl (C=O) groups is 3. The van der Waals surface area contributed by atoms with Gasteiger partial charge in [-0.3, -0.25) is 14.4 Å². The van der Waals surface area contributed by atoms with E-state index in [1.165, 1.54) is 4.90 Å². The second-order valence-electron chi connectivity index (χ2n) is 9.07. The van der Waals surface area contributed by atoms with E-state index in [2.05, 4.69) is 27.7 Å². The molecule has 0 N–H and O–H groups in total. The molecule has 1 aromatic carbocycles. The van der Waals surface area contributed by atoms with Crippen molar-refractivity contribution in [1.29, 1.82) is 0 Å². The summed E-state index contributed by atoms with van der Waals surface area (Å²) < 4.78 is 0. The van der Waals surface area contributed by atoms with Crippen molar-refractivity contribution < 1.29 is 14.4 Å². The minimum absolute atomic E-state index is 0.114. The lowest BCUT2D eigenvalue weighted by atomic mass is 9.61. The Morgan fingerprint density at radius 3 is 2.24 bits per heavy atom. The number of amides is 2. The third kappa shape index (κ3) is 4.60. The van der Waals surface area contributed by atoms with Gasteiger partial charge in [0.1, 0.15) is 5.78 Å². The van der Waals surface area contributed by atoms with Crippen LogP contribution >= 0.6 is 11.8 Å². The lowest BCUT2D eigenvalue weighted by Gasteiger charge is -2.41. The van der Waals surface area contributed by atoms with E-state index in [1.54, 1.807) is 11.8 Å². The van der Waals surface area contributed by atoms with Crippen LogP contribution in [0.15, 0.2) is 24.3 Å². The second-order valence-corrected chi connectivity index (χ2v) is 10.7. The fourth-order valence-electron chi connectivity index (χ4n) is 3.92. The van der Waals surface area contributed by atoms with Crippen LogP contribution in [0.5, 0.6) is 0 Å². The first kappa shape index (κ1) is 23.7. The first-order valence-corrected chi connectivity index (χ1v) is 11.6. The molecule has 160 valence electrons. The van der Waals surface area contributed by atoms with Crippen LogP contribution < -0.4 is 4.90 Å². The molecule has 1 aliphatic rings. The van der Waals surface area contributed by atoms with Gasteiger partial charge in [0.2, 0.25) is 11.8 Å². The molecule has 29 heavy (non-hydrogen) atoms. The van der Waals surface area contributed by atoms with E-state index in [0.29, 0.717) is 17.4 Å². The average Bonchev–Trinajstić information content (AvgIpc) is 2.94. The van der Waals surface area contributed by atoms with Gasteiger partial charge in [-0.1, -0.05) is 67.0 Å². The number of imide groups is 1. The summed E-state index contributed by atoms with van der Waals surface area (Å²) in [4.78, 5) is 39.2. The molecule has 0 bridgehead atoms. The average molecular weight is 418 g/mol. The van der Waals surface area contributed by atoms with Crippen LogP contribution in [0.2, 0.25) is 0 Å². The molecule has 1 fully saturated rings. The van der Waals surface area contributed by atoms with E-state index in [9.17, 15) is 14.4 Å². The van der Waals surface area contributed by atoms with Crippen molar-refractivity contribution in [2.24, 2.45) is 5.41 Å². The van der Waals surface area contributed by atoms with Gasteiger partial charge in [0.25, 0.3) is 0 Å². The van der Waals surface area contributed by atoms with E-state index < -0.39 is 5.41 Å². The highest BCUT2D eigenvalue weighted by molar-refractivity contribution is 8.01. The molecule has 2 amide bonds. The van der Waals surface area contributed by atoms with Crippen LogP contribution in [-0.4, -0.2) is 28.1 Å². The summed E-state index contributed by atoms with van der Waals surface area (Å²) in [5.74, 6) is -0.0290. The number of benzene rings is 1. The summed E-state index contributed by atoms with van der Waals surface area (Å²) in [6.07, 6.45) is 2.88. The fraction of sp³-hybridized carbons (Fsp3) is 0.625. The van der Waals surface area contributed by atoms with Crippen LogP contribution in [0.4, 0.5) is 5.69 Å². The molecular formula is C24H35NO3S. The topological polar surface area (TPSA) is 54.5 Å². The van der Waals surface area contributed by atoms with Crippen molar-refractivity contribution in [3.05, 3.63) is 29.8 Å². The Morgan fingerprint density at radius 2 is 1.72 bits per heavy atom. The summed E-state index contributed by atoms with van der Waals surface area (Å²) in [7, 11) is 0. The molecule has 0 aromatic heterocycles. The number of hydrogen-bond donors (Lipinski definition) is 0. The van der Waals surface area contributed by atoms with E-state index in [4.69, 9.17) is 0 Å². The molecule has 0 aliphatic carbocycles. The van der Waals surface area contributed by atoms with Gasteiger partial charge in [0, 0.05) is 28.9 Å². The number of anilines is 1. The molecule has 0 saturated carbocycles. The molecule has 1 aliphatic heterocycles. The van der Waals surface area contributed by atoms with E-state index in [0.717, 1.165) is 18.4 Å². The van der Waals surface area contributed by atoms with Gasteiger partial charge in [-0.05, 0) is 24.1 Å². The number of thioether (sulfide) groups is 1. The van der Waals surface area contributed by atoms with E-state index >= 15 is 0 Å². The first-order valence-electron chi connectivity index (χ1n) is 10.6. The molecule has 2 unspecified atom stereocenters. The highest BCUT2D eigenvalue weighted by Crippen LogP contribution is 2.43. The molecule has 0 spiro atoms. The zero-order valence-electron chi connectivity index (χ0n) is 18.9. The Labute approximate surface area is 179 Å². The maximum absolute atomic E-state index is 12.9. The van der Waals surface area contributed by atoms with Crippen LogP contribution in [0, 0.1) is 5.41 Å². The third-order valence-corrected chi connectivity index (χ3v) is 8.02. The normalized spacial score (nSPS) is 19.0. The van der Waals surface area contributed by atoms with E-state index in [-0.39, 0.29) is 34.7 Å². The molecule has 2 rings (SSSR count). The van der Waals surface area contributed by atoms with Crippen molar-refractivity contribution in [2.45, 2.75) is 90.1 Å².